The first-order valence-corrected chi connectivity index (χ1v) is 7.45. The minimum atomic E-state index is -2.64. The van der Waals surface area contributed by atoms with E-state index >= 15 is 0 Å². The first kappa shape index (κ1) is 16.1. The fourth-order valence-corrected chi connectivity index (χ4v) is 2.70. The van der Waals surface area contributed by atoms with E-state index in [-0.39, 0.29) is 22.8 Å². The van der Waals surface area contributed by atoms with Gasteiger partial charge in [0.15, 0.2) is 0 Å². The Bertz CT molecular complexity index is 986. The average Bonchev–Trinajstić information content (AvgIpc) is 2.85. The normalized spacial score (nSPS) is 12.9. The highest BCUT2D eigenvalue weighted by atomic mass is 19.3. The molecule has 3 aromatic rings. The lowest BCUT2D eigenvalue weighted by Gasteiger charge is -2.14. The van der Waals surface area contributed by atoms with Crippen LogP contribution in [-0.4, -0.2) is 26.2 Å². The molecule has 0 saturated heterocycles. The van der Waals surface area contributed by atoms with Gasteiger partial charge in [0.05, 0.1) is 18.2 Å². The third-order valence-corrected chi connectivity index (χ3v) is 3.94. The number of nitrogens with zero attached hydrogens (tertiary/aromatic N) is 2. The maximum absolute atomic E-state index is 12.8. The molecule has 0 saturated carbocycles. The van der Waals surface area contributed by atoms with Crippen molar-refractivity contribution in [2.45, 2.75) is 32.7 Å². The predicted molar refractivity (Wildman–Crippen MR) is 85.7 cm³/mol. The largest absolute Gasteiger partial charge is 0.327 e. The number of aryl methyl sites for hydroxylation is 1. The summed E-state index contributed by atoms with van der Waals surface area (Å²) in [6.07, 6.45) is -3.29. The minimum absolute atomic E-state index is 0.00568. The molecule has 2 heterocycles. The molecule has 0 amide bonds. The molecule has 1 aromatic carbocycles. The smallest absolute Gasteiger partial charge is 0.292 e. The summed E-state index contributed by atoms with van der Waals surface area (Å²) in [7, 11) is 0. The average molecular weight is 334 g/mol. The lowest BCUT2D eigenvalue weighted by molar-refractivity contribution is 0.148. The monoisotopic (exact) mass is 334 g/mol. The van der Waals surface area contributed by atoms with Crippen molar-refractivity contribution in [1.29, 1.82) is 0 Å². The van der Waals surface area contributed by atoms with Crippen LogP contribution in [0.3, 0.4) is 0 Å². The number of rotatable bonds is 4. The molecule has 1 atom stereocenters. The maximum atomic E-state index is 12.8. The molecule has 0 radical (unpaired) electrons. The van der Waals surface area contributed by atoms with E-state index < -0.39 is 24.1 Å². The van der Waals surface area contributed by atoms with Gasteiger partial charge in [0.25, 0.3) is 5.56 Å². The Morgan fingerprint density at radius 2 is 1.83 bits per heavy atom. The Balaban J connectivity index is 2.22. The molecule has 0 spiro atoms. The molecule has 0 bridgehead atoms. The van der Waals surface area contributed by atoms with Gasteiger partial charge >= 0.3 is 5.69 Å². The molecule has 0 aliphatic rings. The number of benzene rings is 1. The first-order valence-electron chi connectivity index (χ1n) is 7.45. The number of aromatic amines is 2. The Hall–Kier alpha value is -2.77. The van der Waals surface area contributed by atoms with Crippen molar-refractivity contribution in [2.24, 2.45) is 0 Å². The van der Waals surface area contributed by atoms with Crippen LogP contribution < -0.4 is 11.2 Å². The highest BCUT2D eigenvalue weighted by Gasteiger charge is 2.21. The second kappa shape index (κ2) is 6.03. The number of aromatic nitrogens is 4. The number of alkyl halides is 2. The lowest BCUT2D eigenvalue weighted by Crippen LogP contribution is -2.23. The zero-order valence-corrected chi connectivity index (χ0v) is 13.1. The number of hydrogen-bond donors (Lipinski definition) is 2. The van der Waals surface area contributed by atoms with Crippen molar-refractivity contribution >= 4 is 11.0 Å². The van der Waals surface area contributed by atoms with E-state index in [4.69, 9.17) is 0 Å². The summed E-state index contributed by atoms with van der Waals surface area (Å²) in [5.74, 6) is 0. The van der Waals surface area contributed by atoms with Crippen molar-refractivity contribution in [3.63, 3.8) is 0 Å². The molecule has 0 unspecified atom stereocenters. The third kappa shape index (κ3) is 2.86. The van der Waals surface area contributed by atoms with Gasteiger partial charge in [0.2, 0.25) is 6.43 Å². The topological polar surface area (TPSA) is 83.5 Å². The van der Waals surface area contributed by atoms with E-state index in [1.54, 1.807) is 0 Å². The molecule has 24 heavy (non-hydrogen) atoms. The van der Waals surface area contributed by atoms with Crippen molar-refractivity contribution in [1.82, 2.24) is 19.7 Å². The standard InChI is InChI=1S/C16H16F2N4O2/c1-8-3-5-10(6-4-8)9(2)22-14-13(11(21-22)7-12(17)18)15(23)20-16(24)19-14/h3-6,9,12H,7H2,1-2H3,(H2,19,20,23,24)/t9-/m0/s1. The highest BCUT2D eigenvalue weighted by Crippen LogP contribution is 2.23. The van der Waals surface area contributed by atoms with E-state index in [0.29, 0.717) is 0 Å². The predicted octanol–water partition coefficient (Wildman–Crippen LogP) is 2.14. The van der Waals surface area contributed by atoms with E-state index in [2.05, 4.69) is 15.1 Å². The van der Waals surface area contributed by atoms with Gasteiger partial charge in [-0.1, -0.05) is 29.8 Å². The Labute approximate surface area is 135 Å². The number of nitrogens with one attached hydrogen (secondary N) is 2. The molecule has 6 nitrogen and oxygen atoms in total. The summed E-state index contributed by atoms with van der Waals surface area (Å²) in [6, 6.07) is 7.30. The molecule has 126 valence electrons. The molecule has 8 heteroatoms. The zero-order chi connectivity index (χ0) is 17.4. The van der Waals surface area contributed by atoms with Crippen molar-refractivity contribution in [3.05, 3.63) is 61.9 Å². The zero-order valence-electron chi connectivity index (χ0n) is 13.1. The molecule has 2 aromatic heterocycles. The van der Waals surface area contributed by atoms with Gasteiger partial charge in [-0.15, -0.1) is 0 Å². The molecule has 0 fully saturated rings. The van der Waals surface area contributed by atoms with Crippen LogP contribution in [0.5, 0.6) is 0 Å². The van der Waals surface area contributed by atoms with Gasteiger partial charge in [-0.25, -0.2) is 18.3 Å². The molecule has 0 aliphatic carbocycles. The summed E-state index contributed by atoms with van der Waals surface area (Å²) in [4.78, 5) is 28.2. The molecule has 2 N–H and O–H groups in total. The third-order valence-electron chi connectivity index (χ3n) is 3.94. The van der Waals surface area contributed by atoms with Crippen LogP contribution in [0.4, 0.5) is 8.78 Å². The van der Waals surface area contributed by atoms with E-state index in [1.807, 2.05) is 38.1 Å². The first-order chi connectivity index (χ1) is 11.4. The highest BCUT2D eigenvalue weighted by molar-refractivity contribution is 5.77. The van der Waals surface area contributed by atoms with Crippen LogP contribution >= 0.6 is 0 Å². The van der Waals surface area contributed by atoms with Crippen LogP contribution in [0.25, 0.3) is 11.0 Å². The SMILES string of the molecule is Cc1ccc([C@H](C)n2nc(CC(F)F)c3c(=O)[nH]c(=O)[nH]c32)cc1. The van der Waals surface area contributed by atoms with E-state index in [1.165, 1.54) is 4.68 Å². The molecular weight excluding hydrogens is 318 g/mol. The van der Waals surface area contributed by atoms with Crippen LogP contribution in [0.1, 0.15) is 29.8 Å². The van der Waals surface area contributed by atoms with Crippen LogP contribution in [0.15, 0.2) is 33.9 Å². The maximum Gasteiger partial charge on any atom is 0.327 e. The van der Waals surface area contributed by atoms with Gasteiger partial charge in [0, 0.05) is 0 Å². The van der Waals surface area contributed by atoms with Gasteiger partial charge in [-0.3, -0.25) is 14.8 Å². The van der Waals surface area contributed by atoms with Crippen LogP contribution in [0, 0.1) is 6.92 Å². The quantitative estimate of drug-likeness (QED) is 0.767. The van der Waals surface area contributed by atoms with E-state index in [0.717, 1.165) is 11.1 Å². The molecular formula is C16H16F2N4O2. The molecule has 3 rings (SSSR count). The Morgan fingerprint density at radius 3 is 2.46 bits per heavy atom. The Kier molecular flexibility index (Phi) is 4.04. The lowest BCUT2D eigenvalue weighted by atomic mass is 10.1. The summed E-state index contributed by atoms with van der Waals surface area (Å²) in [5.41, 5.74) is 0.665. The van der Waals surface area contributed by atoms with E-state index in [9.17, 15) is 18.4 Å². The summed E-state index contributed by atoms with van der Waals surface area (Å²) in [6.45, 7) is 3.78. The van der Waals surface area contributed by atoms with Crippen molar-refractivity contribution in [3.8, 4) is 0 Å². The molecule has 0 aliphatic heterocycles. The second-order valence-corrected chi connectivity index (χ2v) is 5.70. The minimum Gasteiger partial charge on any atom is -0.292 e. The van der Waals surface area contributed by atoms with Gasteiger partial charge < -0.3 is 0 Å². The summed E-state index contributed by atoms with van der Waals surface area (Å²) >= 11 is 0. The fraction of sp³-hybridized carbons (Fsp3) is 0.312. The number of halogens is 2. The van der Waals surface area contributed by atoms with Gasteiger partial charge in [0.1, 0.15) is 11.0 Å². The summed E-state index contributed by atoms with van der Waals surface area (Å²) in [5, 5.41) is 4.17. The Morgan fingerprint density at radius 1 is 1.17 bits per heavy atom. The summed E-state index contributed by atoms with van der Waals surface area (Å²) < 4.78 is 27.0. The van der Waals surface area contributed by atoms with Crippen molar-refractivity contribution < 1.29 is 8.78 Å². The fourth-order valence-electron chi connectivity index (χ4n) is 2.70. The van der Waals surface area contributed by atoms with Crippen LogP contribution in [0.2, 0.25) is 0 Å². The van der Waals surface area contributed by atoms with Crippen molar-refractivity contribution in [2.75, 3.05) is 0 Å². The number of H-pyrrole nitrogens is 2. The van der Waals surface area contributed by atoms with Gasteiger partial charge in [-0.05, 0) is 19.4 Å². The number of hydrogen-bond acceptors (Lipinski definition) is 3. The number of fused-ring (bicyclic) bond motifs is 1. The second-order valence-electron chi connectivity index (χ2n) is 5.70. The van der Waals surface area contributed by atoms with Gasteiger partial charge in [-0.2, -0.15) is 5.10 Å². The van der Waals surface area contributed by atoms with Crippen LogP contribution in [-0.2, 0) is 6.42 Å².